The maximum atomic E-state index is 13.3. The number of fused-ring (bicyclic) bond motifs is 1. The Hall–Kier alpha value is -2.02. The number of carboxylic acid groups (broad SMARTS) is 1. The number of carboxylic acids is 1. The lowest BCUT2D eigenvalue weighted by molar-refractivity contribution is -0.137. The summed E-state index contributed by atoms with van der Waals surface area (Å²) in [4.78, 5) is 15.2. The van der Waals surface area contributed by atoms with Gasteiger partial charge in [0.1, 0.15) is 12.4 Å². The van der Waals surface area contributed by atoms with E-state index in [1.807, 2.05) is 6.92 Å². The van der Waals surface area contributed by atoms with Crippen LogP contribution in [0.5, 0.6) is 0 Å². The first-order valence-corrected chi connectivity index (χ1v) is 6.66. The molecule has 7 heteroatoms. The zero-order chi connectivity index (χ0) is 15.4. The highest BCUT2D eigenvalue weighted by molar-refractivity contribution is 5.78. The molecule has 0 unspecified atom stereocenters. The number of hydrogen-bond donors (Lipinski definition) is 1. The number of imidazole rings is 1. The van der Waals surface area contributed by atoms with E-state index in [-0.39, 0.29) is 17.6 Å². The molecule has 1 aromatic heterocycles. The van der Waals surface area contributed by atoms with E-state index in [4.69, 9.17) is 9.84 Å². The molecular formula is C14H16F2N2O3. The van der Waals surface area contributed by atoms with Gasteiger partial charge in [-0.15, -0.1) is 0 Å². The molecule has 0 amide bonds. The van der Waals surface area contributed by atoms with Gasteiger partial charge in [-0.25, -0.2) is 13.8 Å². The number of aryl methyl sites for hydroxylation is 1. The largest absolute Gasteiger partial charge is 0.480 e. The Morgan fingerprint density at radius 3 is 2.76 bits per heavy atom. The number of ether oxygens (including phenoxy) is 1. The van der Waals surface area contributed by atoms with Crippen LogP contribution in [0.4, 0.5) is 8.78 Å². The molecule has 0 aliphatic heterocycles. The van der Waals surface area contributed by atoms with Crippen LogP contribution in [0.3, 0.4) is 0 Å². The molecule has 0 fully saturated rings. The molecule has 0 saturated carbocycles. The fraction of sp³-hybridized carbons (Fsp3) is 0.429. The van der Waals surface area contributed by atoms with Crippen molar-refractivity contribution in [2.75, 3.05) is 13.2 Å². The minimum Gasteiger partial charge on any atom is -0.480 e. The Morgan fingerprint density at radius 1 is 1.38 bits per heavy atom. The predicted molar refractivity (Wildman–Crippen MR) is 72.1 cm³/mol. The van der Waals surface area contributed by atoms with Crippen LogP contribution in [0.1, 0.15) is 19.2 Å². The monoisotopic (exact) mass is 298 g/mol. The summed E-state index contributed by atoms with van der Waals surface area (Å²) in [6.07, 6.45) is 1.13. The van der Waals surface area contributed by atoms with Crippen LogP contribution in [-0.4, -0.2) is 33.8 Å². The number of hydrogen-bond acceptors (Lipinski definition) is 3. The van der Waals surface area contributed by atoms with Crippen molar-refractivity contribution in [1.82, 2.24) is 9.55 Å². The van der Waals surface area contributed by atoms with Crippen molar-refractivity contribution in [2.24, 2.45) is 0 Å². The highest BCUT2D eigenvalue weighted by Gasteiger charge is 2.16. The molecular weight excluding hydrogens is 282 g/mol. The number of halogens is 2. The summed E-state index contributed by atoms with van der Waals surface area (Å²) in [5, 5.41) is 8.96. The van der Waals surface area contributed by atoms with Gasteiger partial charge in [0.15, 0.2) is 11.6 Å². The van der Waals surface area contributed by atoms with Crippen LogP contribution >= 0.6 is 0 Å². The molecule has 0 atom stereocenters. The van der Waals surface area contributed by atoms with Gasteiger partial charge in [0, 0.05) is 31.8 Å². The van der Waals surface area contributed by atoms with Crippen molar-refractivity contribution >= 4 is 17.0 Å². The van der Waals surface area contributed by atoms with Gasteiger partial charge >= 0.3 is 5.97 Å². The Morgan fingerprint density at radius 2 is 2.10 bits per heavy atom. The average Bonchev–Trinajstić information content (AvgIpc) is 2.73. The number of benzene rings is 1. The summed E-state index contributed by atoms with van der Waals surface area (Å²) in [5.74, 6) is -2.60. The molecule has 1 heterocycles. The molecule has 21 heavy (non-hydrogen) atoms. The van der Waals surface area contributed by atoms with E-state index in [1.165, 1.54) is 4.57 Å². The van der Waals surface area contributed by atoms with E-state index in [9.17, 15) is 13.6 Å². The summed E-state index contributed by atoms with van der Waals surface area (Å²) >= 11 is 0. The fourth-order valence-corrected chi connectivity index (χ4v) is 2.15. The van der Waals surface area contributed by atoms with Crippen molar-refractivity contribution in [3.8, 4) is 0 Å². The first-order chi connectivity index (χ1) is 10.0. The normalized spacial score (nSPS) is 11.2. The first-order valence-electron chi connectivity index (χ1n) is 6.66. The Bertz CT molecular complexity index is 655. The van der Waals surface area contributed by atoms with Crippen LogP contribution in [-0.2, 0) is 22.5 Å². The zero-order valence-electron chi connectivity index (χ0n) is 11.6. The molecule has 0 aliphatic carbocycles. The molecule has 0 spiro atoms. The van der Waals surface area contributed by atoms with Gasteiger partial charge in [-0.1, -0.05) is 0 Å². The molecule has 1 N–H and O–H groups in total. The van der Waals surface area contributed by atoms with Crippen LogP contribution in [0, 0.1) is 11.6 Å². The van der Waals surface area contributed by atoms with Gasteiger partial charge in [-0.05, 0) is 13.3 Å². The quantitative estimate of drug-likeness (QED) is 0.797. The lowest BCUT2D eigenvalue weighted by atomic mass is 10.3. The number of aliphatic carboxylic acids is 1. The van der Waals surface area contributed by atoms with E-state index in [1.54, 1.807) is 0 Å². The standard InChI is InChI=1S/C14H16F2N2O3/c1-2-21-5-3-4-13-17-11-6-9(15)10(16)7-12(11)18(13)8-14(19)20/h6-7H,2-5,8H2,1H3,(H,19,20). The summed E-state index contributed by atoms with van der Waals surface area (Å²) in [7, 11) is 0. The molecule has 2 rings (SSSR count). The average molecular weight is 298 g/mol. The highest BCUT2D eigenvalue weighted by atomic mass is 19.2. The number of nitrogens with zero attached hydrogens (tertiary/aromatic N) is 2. The van der Waals surface area contributed by atoms with Gasteiger partial charge in [0.25, 0.3) is 0 Å². The summed E-state index contributed by atoms with van der Waals surface area (Å²) < 4.78 is 33.2. The van der Waals surface area contributed by atoms with Crippen LogP contribution < -0.4 is 0 Å². The van der Waals surface area contributed by atoms with Crippen molar-refractivity contribution in [2.45, 2.75) is 26.3 Å². The first kappa shape index (κ1) is 15.4. The number of carbonyl (C=O) groups is 1. The molecule has 0 bridgehead atoms. The van der Waals surface area contributed by atoms with Gasteiger partial charge in [-0.3, -0.25) is 4.79 Å². The lowest BCUT2D eigenvalue weighted by Crippen LogP contribution is -2.12. The Kier molecular flexibility index (Phi) is 4.85. The lowest BCUT2D eigenvalue weighted by Gasteiger charge is -2.06. The highest BCUT2D eigenvalue weighted by Crippen LogP contribution is 2.21. The summed E-state index contributed by atoms with van der Waals surface area (Å²) in [6, 6.07) is 1.96. The Balaban J connectivity index is 2.35. The topological polar surface area (TPSA) is 64.4 Å². The molecule has 0 aliphatic rings. The molecule has 114 valence electrons. The van der Waals surface area contributed by atoms with Crippen molar-refractivity contribution in [3.63, 3.8) is 0 Å². The van der Waals surface area contributed by atoms with Crippen molar-refractivity contribution < 1.29 is 23.4 Å². The van der Waals surface area contributed by atoms with E-state index in [0.29, 0.717) is 31.9 Å². The minimum atomic E-state index is -1.06. The Labute approximate surface area is 120 Å². The minimum absolute atomic E-state index is 0.251. The second kappa shape index (κ2) is 6.62. The maximum absolute atomic E-state index is 13.3. The number of rotatable bonds is 7. The van der Waals surface area contributed by atoms with Crippen LogP contribution in [0.15, 0.2) is 12.1 Å². The molecule has 0 radical (unpaired) electrons. The molecule has 2 aromatic rings. The predicted octanol–water partition coefficient (Wildman–Crippen LogP) is 2.37. The third-order valence-electron chi connectivity index (χ3n) is 3.06. The second-order valence-electron chi connectivity index (χ2n) is 4.56. The van der Waals surface area contributed by atoms with Crippen LogP contribution in [0.2, 0.25) is 0 Å². The molecule has 5 nitrogen and oxygen atoms in total. The van der Waals surface area contributed by atoms with E-state index < -0.39 is 17.6 Å². The van der Waals surface area contributed by atoms with Crippen molar-refractivity contribution in [1.29, 1.82) is 0 Å². The maximum Gasteiger partial charge on any atom is 0.323 e. The summed E-state index contributed by atoms with van der Waals surface area (Å²) in [6.45, 7) is 2.66. The SMILES string of the molecule is CCOCCCc1nc2cc(F)c(F)cc2n1CC(=O)O. The van der Waals surface area contributed by atoms with Gasteiger partial charge in [-0.2, -0.15) is 0 Å². The molecule has 0 saturated heterocycles. The van der Waals surface area contributed by atoms with Gasteiger partial charge in [0.05, 0.1) is 11.0 Å². The van der Waals surface area contributed by atoms with Crippen molar-refractivity contribution in [3.05, 3.63) is 29.6 Å². The van der Waals surface area contributed by atoms with E-state index >= 15 is 0 Å². The smallest absolute Gasteiger partial charge is 0.323 e. The zero-order valence-corrected chi connectivity index (χ0v) is 11.6. The van der Waals surface area contributed by atoms with Gasteiger partial charge in [0.2, 0.25) is 0 Å². The summed E-state index contributed by atoms with van der Waals surface area (Å²) in [5.41, 5.74) is 0.532. The number of aromatic nitrogens is 2. The van der Waals surface area contributed by atoms with E-state index in [0.717, 1.165) is 12.1 Å². The van der Waals surface area contributed by atoms with Crippen LogP contribution in [0.25, 0.3) is 11.0 Å². The third kappa shape index (κ3) is 3.55. The molecule has 1 aromatic carbocycles. The second-order valence-corrected chi connectivity index (χ2v) is 4.56. The third-order valence-corrected chi connectivity index (χ3v) is 3.06. The van der Waals surface area contributed by atoms with E-state index in [2.05, 4.69) is 4.98 Å². The fourth-order valence-electron chi connectivity index (χ4n) is 2.15. The van der Waals surface area contributed by atoms with Gasteiger partial charge < -0.3 is 14.4 Å².